The van der Waals surface area contributed by atoms with E-state index in [2.05, 4.69) is 30.3 Å². The molecule has 3 rings (SSSR count). The molecule has 1 saturated heterocycles. The molecule has 1 aromatic rings. The normalized spacial score (nSPS) is 22.2. The number of amides is 2. The van der Waals surface area contributed by atoms with Crippen LogP contribution in [0.15, 0.2) is 24.3 Å². The molecule has 5 nitrogen and oxygen atoms in total. The van der Waals surface area contributed by atoms with Crippen molar-refractivity contribution in [3.05, 3.63) is 35.4 Å². The first kappa shape index (κ1) is 21.2. The minimum Gasteiger partial charge on any atom is -0.351 e. The van der Waals surface area contributed by atoms with E-state index in [-0.39, 0.29) is 11.8 Å². The summed E-state index contributed by atoms with van der Waals surface area (Å²) in [4.78, 5) is 28.5. The zero-order valence-corrected chi connectivity index (χ0v) is 18.0. The lowest BCUT2D eigenvalue weighted by atomic mass is 10.1. The van der Waals surface area contributed by atoms with Gasteiger partial charge in [0, 0.05) is 37.3 Å². The maximum Gasteiger partial charge on any atom is 0.234 e. The predicted octanol–water partition coefficient (Wildman–Crippen LogP) is 3.03. The highest BCUT2D eigenvalue weighted by Crippen LogP contribution is 2.32. The fourth-order valence-corrected chi connectivity index (χ4v) is 5.40. The van der Waals surface area contributed by atoms with E-state index in [1.807, 2.05) is 34.9 Å². The van der Waals surface area contributed by atoms with Gasteiger partial charge in [-0.25, -0.2) is 0 Å². The number of hydrogen-bond donors (Lipinski definition) is 1. The number of likely N-dealkylation sites (N-methyl/N-ethyl adjacent to an activating group) is 1. The van der Waals surface area contributed by atoms with Gasteiger partial charge in [-0.3, -0.25) is 14.5 Å². The molecule has 0 radical (unpaired) electrons. The van der Waals surface area contributed by atoms with Gasteiger partial charge in [0.05, 0.1) is 6.54 Å². The number of carbonyl (C=O) groups excluding carboxylic acids is 2. The summed E-state index contributed by atoms with van der Waals surface area (Å²) in [6.07, 6.45) is 5.24. The number of carbonyl (C=O) groups is 2. The van der Waals surface area contributed by atoms with Gasteiger partial charge in [0.15, 0.2) is 0 Å². The topological polar surface area (TPSA) is 52.7 Å². The molecule has 0 aromatic heterocycles. The van der Waals surface area contributed by atoms with Crippen molar-refractivity contribution in [2.45, 2.75) is 63.4 Å². The molecule has 1 saturated carbocycles. The van der Waals surface area contributed by atoms with E-state index in [0.29, 0.717) is 32.1 Å². The van der Waals surface area contributed by atoms with Gasteiger partial charge in [-0.2, -0.15) is 11.8 Å². The number of likely N-dealkylation sites (tertiary alicyclic amines) is 1. The molecule has 2 fully saturated rings. The lowest BCUT2D eigenvalue weighted by Gasteiger charge is -2.24. The van der Waals surface area contributed by atoms with Gasteiger partial charge in [-0.05, 0) is 49.6 Å². The second-order valence-electron chi connectivity index (χ2n) is 7.92. The quantitative estimate of drug-likeness (QED) is 0.689. The van der Waals surface area contributed by atoms with E-state index in [9.17, 15) is 9.59 Å². The largest absolute Gasteiger partial charge is 0.351 e. The monoisotopic (exact) mass is 403 g/mol. The zero-order chi connectivity index (χ0) is 19.9. The molecular weight excluding hydrogens is 370 g/mol. The van der Waals surface area contributed by atoms with Gasteiger partial charge < -0.3 is 10.2 Å². The van der Waals surface area contributed by atoms with Crippen molar-refractivity contribution in [1.29, 1.82) is 0 Å². The molecule has 1 N–H and O–H groups in total. The predicted molar refractivity (Wildman–Crippen MR) is 115 cm³/mol. The summed E-state index contributed by atoms with van der Waals surface area (Å²) < 4.78 is 0. The lowest BCUT2D eigenvalue weighted by molar-refractivity contribution is -0.128. The first-order valence-corrected chi connectivity index (χ1v) is 11.5. The van der Waals surface area contributed by atoms with Crippen LogP contribution in [0.2, 0.25) is 0 Å². The molecule has 2 amide bonds. The summed E-state index contributed by atoms with van der Waals surface area (Å²) in [6.45, 7) is 4.66. The fourth-order valence-electron chi connectivity index (χ4n) is 4.27. The van der Waals surface area contributed by atoms with Crippen molar-refractivity contribution < 1.29 is 9.59 Å². The van der Waals surface area contributed by atoms with Gasteiger partial charge in [0.25, 0.3) is 0 Å². The molecule has 6 heteroatoms. The number of rotatable bonds is 9. The van der Waals surface area contributed by atoms with E-state index in [0.717, 1.165) is 29.3 Å². The van der Waals surface area contributed by atoms with Gasteiger partial charge in [0.1, 0.15) is 0 Å². The highest BCUT2D eigenvalue weighted by atomic mass is 32.2. The second kappa shape index (κ2) is 10.3. The number of nitrogens with zero attached hydrogens (tertiary/aromatic N) is 2. The van der Waals surface area contributed by atoms with Crippen LogP contribution in [0, 0.1) is 0 Å². The Morgan fingerprint density at radius 2 is 2.07 bits per heavy atom. The first-order chi connectivity index (χ1) is 13.6. The molecule has 0 unspecified atom stereocenters. The summed E-state index contributed by atoms with van der Waals surface area (Å²) in [5.74, 6) is 1.47. The fraction of sp³-hybridized carbons (Fsp3) is 0.636. The summed E-state index contributed by atoms with van der Waals surface area (Å²) in [6, 6.07) is 8.61. The number of nitrogens with one attached hydrogen (secondary N) is 1. The van der Waals surface area contributed by atoms with E-state index in [4.69, 9.17) is 0 Å². The minimum atomic E-state index is 0.0705. The Balaban J connectivity index is 1.47. The van der Waals surface area contributed by atoms with Gasteiger partial charge >= 0.3 is 0 Å². The lowest BCUT2D eigenvalue weighted by Crippen LogP contribution is -2.39. The number of thioether (sulfide) groups is 1. The van der Waals surface area contributed by atoms with Crippen molar-refractivity contribution in [3.63, 3.8) is 0 Å². The van der Waals surface area contributed by atoms with Crippen LogP contribution in [0.25, 0.3) is 0 Å². The molecule has 2 aliphatic rings. The maximum atomic E-state index is 12.5. The third-order valence-electron chi connectivity index (χ3n) is 5.90. The molecule has 1 aromatic carbocycles. The van der Waals surface area contributed by atoms with Crippen LogP contribution in [-0.4, -0.2) is 58.8 Å². The minimum absolute atomic E-state index is 0.0705. The summed E-state index contributed by atoms with van der Waals surface area (Å²) >= 11 is 2.05. The number of benzene rings is 1. The highest BCUT2D eigenvalue weighted by Gasteiger charge is 2.28. The Morgan fingerprint density at radius 3 is 2.79 bits per heavy atom. The van der Waals surface area contributed by atoms with Gasteiger partial charge in [0.2, 0.25) is 11.8 Å². The van der Waals surface area contributed by atoms with Crippen LogP contribution in [-0.2, 0) is 22.7 Å². The Morgan fingerprint density at radius 1 is 1.29 bits per heavy atom. The molecule has 1 aliphatic carbocycles. The third-order valence-corrected chi connectivity index (χ3v) is 7.14. The van der Waals surface area contributed by atoms with Crippen LogP contribution >= 0.6 is 11.8 Å². The van der Waals surface area contributed by atoms with Crippen LogP contribution in [0.4, 0.5) is 0 Å². The molecule has 1 aliphatic heterocycles. The molecule has 2 atom stereocenters. The molecule has 154 valence electrons. The molecule has 0 bridgehead atoms. The molecular formula is C22H33N3O2S. The van der Waals surface area contributed by atoms with Crippen molar-refractivity contribution in [2.75, 3.05) is 25.9 Å². The standard InChI is InChI=1S/C22H33N3O2S/c1-3-28-20-11-10-19(13-20)24(2)16-21(26)23-14-17-7-4-5-8-18(17)15-25-12-6-9-22(25)27/h4-5,7-8,19-20H,3,6,9-16H2,1-2H3,(H,23,26)/t19-,20+/m1/s1. The van der Waals surface area contributed by atoms with E-state index in [1.54, 1.807) is 0 Å². The van der Waals surface area contributed by atoms with Crippen molar-refractivity contribution in [1.82, 2.24) is 15.1 Å². The summed E-state index contributed by atoms with van der Waals surface area (Å²) in [5.41, 5.74) is 2.22. The summed E-state index contributed by atoms with van der Waals surface area (Å²) in [5, 5.41) is 3.83. The maximum absolute atomic E-state index is 12.5. The van der Waals surface area contributed by atoms with Crippen molar-refractivity contribution in [2.24, 2.45) is 0 Å². The first-order valence-electron chi connectivity index (χ1n) is 10.5. The Hall–Kier alpha value is -1.53. The van der Waals surface area contributed by atoms with Crippen LogP contribution in [0.3, 0.4) is 0 Å². The van der Waals surface area contributed by atoms with E-state index < -0.39 is 0 Å². The second-order valence-corrected chi connectivity index (χ2v) is 9.50. The van der Waals surface area contributed by atoms with Crippen LogP contribution < -0.4 is 5.32 Å². The molecule has 1 heterocycles. The van der Waals surface area contributed by atoms with Crippen LogP contribution in [0.1, 0.15) is 50.2 Å². The van der Waals surface area contributed by atoms with E-state index >= 15 is 0 Å². The Bertz CT molecular complexity index is 682. The molecule has 0 spiro atoms. The van der Waals surface area contributed by atoms with Gasteiger partial charge in [-0.15, -0.1) is 0 Å². The number of hydrogen-bond acceptors (Lipinski definition) is 4. The van der Waals surface area contributed by atoms with Gasteiger partial charge in [-0.1, -0.05) is 31.2 Å². The Kier molecular flexibility index (Phi) is 7.80. The SMILES string of the molecule is CCS[C@H]1CC[C@@H](N(C)CC(=O)NCc2ccccc2CN2CCCC2=O)C1. The highest BCUT2D eigenvalue weighted by molar-refractivity contribution is 7.99. The summed E-state index contributed by atoms with van der Waals surface area (Å²) in [7, 11) is 2.07. The zero-order valence-electron chi connectivity index (χ0n) is 17.2. The average molecular weight is 404 g/mol. The van der Waals surface area contributed by atoms with Crippen molar-refractivity contribution >= 4 is 23.6 Å². The average Bonchev–Trinajstić information content (AvgIpc) is 3.31. The smallest absolute Gasteiger partial charge is 0.234 e. The van der Waals surface area contributed by atoms with Crippen molar-refractivity contribution in [3.8, 4) is 0 Å². The van der Waals surface area contributed by atoms with Crippen LogP contribution in [0.5, 0.6) is 0 Å². The Labute approximate surface area is 173 Å². The van der Waals surface area contributed by atoms with E-state index in [1.165, 1.54) is 25.0 Å². The molecule has 28 heavy (non-hydrogen) atoms. The third kappa shape index (κ3) is 5.74.